The van der Waals surface area contributed by atoms with Crippen LogP contribution in [0.2, 0.25) is 0 Å². The van der Waals surface area contributed by atoms with Crippen LogP contribution in [0.3, 0.4) is 0 Å². The van der Waals surface area contributed by atoms with Crippen LogP contribution in [0.5, 0.6) is 11.5 Å². The van der Waals surface area contributed by atoms with Crippen molar-refractivity contribution in [2.75, 3.05) is 34.4 Å². The molecule has 1 unspecified atom stereocenters. The lowest BCUT2D eigenvalue weighted by Gasteiger charge is -2.37. The van der Waals surface area contributed by atoms with E-state index in [9.17, 15) is 4.39 Å². The predicted octanol–water partition coefficient (Wildman–Crippen LogP) is 5.93. The van der Waals surface area contributed by atoms with Crippen molar-refractivity contribution >= 4 is 11.0 Å². The van der Waals surface area contributed by atoms with Gasteiger partial charge in [-0.05, 0) is 99.0 Å². The topological polar surface area (TPSA) is 50.4 Å². The van der Waals surface area contributed by atoms with Crippen molar-refractivity contribution < 1.29 is 13.9 Å². The van der Waals surface area contributed by atoms with E-state index in [1.807, 2.05) is 18.2 Å². The zero-order valence-electron chi connectivity index (χ0n) is 21.1. The highest BCUT2D eigenvalue weighted by Crippen LogP contribution is 2.44. The number of ether oxygens (including phenoxy) is 2. The van der Waals surface area contributed by atoms with Gasteiger partial charge in [0.15, 0.2) is 0 Å². The first-order chi connectivity index (χ1) is 16.4. The highest BCUT2D eigenvalue weighted by Gasteiger charge is 2.32. The molecule has 1 aliphatic rings. The fourth-order valence-electron chi connectivity index (χ4n) is 5.38. The standard InChI is InChI=1S/C28H37FN3O2/c1-18(2)26-19(8-9-20-17-21(29)10-11-22(20)26)14-16-32(3)15-6-7-25-30-27-23(33-4)12-13-24(34-5)28(27)31-25/h10-13,17-18,26H,6-9,14-16H2,1-5H3,(H,30,31). The molecule has 0 fully saturated rings. The molecule has 1 aliphatic carbocycles. The second kappa shape index (κ2) is 10.8. The Balaban J connectivity index is 1.31. The van der Waals surface area contributed by atoms with E-state index in [0.717, 1.165) is 73.6 Å². The van der Waals surface area contributed by atoms with E-state index in [1.54, 1.807) is 32.3 Å². The number of aryl methyl sites for hydroxylation is 2. The molecular formula is C28H37FN3O2. The Morgan fingerprint density at radius 1 is 1.06 bits per heavy atom. The molecule has 0 saturated heterocycles. The van der Waals surface area contributed by atoms with Gasteiger partial charge in [-0.2, -0.15) is 0 Å². The van der Waals surface area contributed by atoms with Crippen molar-refractivity contribution in [1.29, 1.82) is 0 Å². The molecule has 0 saturated carbocycles. The fourth-order valence-corrected chi connectivity index (χ4v) is 5.38. The summed E-state index contributed by atoms with van der Waals surface area (Å²) in [5.74, 6) is 4.93. The van der Waals surface area contributed by atoms with Gasteiger partial charge >= 0.3 is 0 Å². The zero-order chi connectivity index (χ0) is 24.2. The van der Waals surface area contributed by atoms with Crippen LogP contribution in [0.1, 0.15) is 56.0 Å². The minimum Gasteiger partial charge on any atom is -0.494 e. The second-order valence-electron chi connectivity index (χ2n) is 9.76. The number of hydrogen-bond acceptors (Lipinski definition) is 4. The Morgan fingerprint density at radius 2 is 1.82 bits per heavy atom. The number of rotatable bonds is 10. The molecule has 2 aromatic carbocycles. The Kier molecular flexibility index (Phi) is 7.77. The molecule has 0 spiro atoms. The number of benzene rings is 2. The number of halogens is 1. The number of H-pyrrole nitrogens is 1. The average Bonchev–Trinajstić information content (AvgIpc) is 3.25. The molecule has 0 bridgehead atoms. The van der Waals surface area contributed by atoms with Crippen molar-refractivity contribution in [3.63, 3.8) is 0 Å². The van der Waals surface area contributed by atoms with Gasteiger partial charge in [0.1, 0.15) is 34.2 Å². The SMILES string of the molecule is COc1ccc(OC)c2[nH]c(CCCN(C)CC[C]3CCc4cc(F)ccc4C3C(C)C)nc12. The third kappa shape index (κ3) is 5.22. The van der Waals surface area contributed by atoms with E-state index >= 15 is 0 Å². The summed E-state index contributed by atoms with van der Waals surface area (Å²) in [5, 5.41) is 0. The Labute approximate surface area is 202 Å². The van der Waals surface area contributed by atoms with Gasteiger partial charge in [0.25, 0.3) is 0 Å². The normalized spacial score (nSPS) is 16.4. The van der Waals surface area contributed by atoms with Crippen LogP contribution >= 0.6 is 0 Å². The summed E-state index contributed by atoms with van der Waals surface area (Å²) in [5.41, 5.74) is 4.23. The molecular weight excluding hydrogens is 429 g/mol. The molecule has 34 heavy (non-hydrogen) atoms. The van der Waals surface area contributed by atoms with Crippen LogP contribution in [-0.4, -0.2) is 49.2 Å². The van der Waals surface area contributed by atoms with Gasteiger partial charge in [0, 0.05) is 6.42 Å². The molecule has 1 aromatic heterocycles. The third-order valence-corrected chi connectivity index (χ3v) is 7.09. The molecule has 1 atom stereocenters. The van der Waals surface area contributed by atoms with E-state index in [0.29, 0.717) is 11.8 Å². The van der Waals surface area contributed by atoms with Crippen LogP contribution in [0, 0.1) is 17.7 Å². The molecule has 183 valence electrons. The van der Waals surface area contributed by atoms with Gasteiger partial charge in [-0.3, -0.25) is 0 Å². The highest BCUT2D eigenvalue weighted by molar-refractivity contribution is 5.87. The summed E-state index contributed by atoms with van der Waals surface area (Å²) in [6, 6.07) is 9.15. The van der Waals surface area contributed by atoms with Crippen LogP contribution in [0.15, 0.2) is 30.3 Å². The number of nitrogens with zero attached hydrogens (tertiary/aromatic N) is 2. The Morgan fingerprint density at radius 3 is 2.56 bits per heavy atom. The molecule has 0 aliphatic heterocycles. The minimum absolute atomic E-state index is 0.120. The first-order valence-electron chi connectivity index (χ1n) is 12.3. The van der Waals surface area contributed by atoms with Gasteiger partial charge in [-0.25, -0.2) is 9.37 Å². The van der Waals surface area contributed by atoms with Gasteiger partial charge in [-0.1, -0.05) is 19.9 Å². The number of nitrogens with one attached hydrogen (secondary N) is 1. The van der Waals surface area contributed by atoms with Gasteiger partial charge < -0.3 is 19.4 Å². The van der Waals surface area contributed by atoms with E-state index in [2.05, 4.69) is 30.8 Å². The molecule has 6 heteroatoms. The van der Waals surface area contributed by atoms with Gasteiger partial charge in [0.2, 0.25) is 0 Å². The Hall–Kier alpha value is -2.60. The molecule has 0 amide bonds. The quantitative estimate of drug-likeness (QED) is 0.402. The van der Waals surface area contributed by atoms with Crippen molar-refractivity contribution in [2.24, 2.45) is 5.92 Å². The maximum atomic E-state index is 13.7. The summed E-state index contributed by atoms with van der Waals surface area (Å²) >= 11 is 0. The van der Waals surface area contributed by atoms with Crippen LogP contribution in [-0.2, 0) is 12.8 Å². The molecule has 4 rings (SSSR count). The largest absolute Gasteiger partial charge is 0.494 e. The first kappa shape index (κ1) is 24.5. The van der Waals surface area contributed by atoms with E-state index < -0.39 is 0 Å². The molecule has 3 aromatic rings. The fraction of sp³-hybridized carbons (Fsp3) is 0.500. The zero-order valence-corrected chi connectivity index (χ0v) is 21.1. The smallest absolute Gasteiger partial charge is 0.146 e. The maximum absolute atomic E-state index is 13.7. The van der Waals surface area contributed by atoms with E-state index in [-0.39, 0.29) is 5.82 Å². The Bertz CT molecular complexity index is 1070. The molecule has 1 N–H and O–H groups in total. The molecule has 1 heterocycles. The molecule has 1 radical (unpaired) electrons. The summed E-state index contributed by atoms with van der Waals surface area (Å²) in [7, 11) is 5.53. The number of aromatic amines is 1. The van der Waals surface area contributed by atoms with Crippen LogP contribution < -0.4 is 9.47 Å². The predicted molar refractivity (Wildman–Crippen MR) is 135 cm³/mol. The number of methoxy groups -OCH3 is 2. The maximum Gasteiger partial charge on any atom is 0.146 e. The lowest BCUT2D eigenvalue weighted by atomic mass is 9.69. The van der Waals surface area contributed by atoms with Gasteiger partial charge in [-0.15, -0.1) is 0 Å². The monoisotopic (exact) mass is 466 g/mol. The van der Waals surface area contributed by atoms with E-state index in [1.165, 1.54) is 11.1 Å². The van der Waals surface area contributed by atoms with Crippen molar-refractivity contribution in [1.82, 2.24) is 14.9 Å². The van der Waals surface area contributed by atoms with Crippen molar-refractivity contribution in [3.8, 4) is 11.5 Å². The number of imidazole rings is 1. The molecule has 5 nitrogen and oxygen atoms in total. The van der Waals surface area contributed by atoms with Crippen LogP contribution in [0.4, 0.5) is 4.39 Å². The third-order valence-electron chi connectivity index (χ3n) is 7.09. The summed E-state index contributed by atoms with van der Waals surface area (Å²) in [6.07, 6.45) is 5.00. The van der Waals surface area contributed by atoms with Crippen molar-refractivity contribution in [3.05, 3.63) is 59.0 Å². The van der Waals surface area contributed by atoms with Gasteiger partial charge in [0.05, 0.1) is 14.2 Å². The van der Waals surface area contributed by atoms with Crippen LogP contribution in [0.25, 0.3) is 11.0 Å². The minimum atomic E-state index is -0.120. The number of hydrogen-bond donors (Lipinski definition) is 1. The summed E-state index contributed by atoms with van der Waals surface area (Å²) in [4.78, 5) is 10.6. The lowest BCUT2D eigenvalue weighted by Crippen LogP contribution is -2.28. The number of fused-ring (bicyclic) bond motifs is 2. The van der Waals surface area contributed by atoms with E-state index in [4.69, 9.17) is 14.5 Å². The first-order valence-corrected chi connectivity index (χ1v) is 12.3. The van der Waals surface area contributed by atoms with Crippen molar-refractivity contribution in [2.45, 2.75) is 51.9 Å². The lowest BCUT2D eigenvalue weighted by molar-refractivity contribution is 0.311. The highest BCUT2D eigenvalue weighted by atomic mass is 19.1. The number of aromatic nitrogens is 2. The second-order valence-corrected chi connectivity index (χ2v) is 9.76. The summed E-state index contributed by atoms with van der Waals surface area (Å²) in [6.45, 7) is 6.61. The summed E-state index contributed by atoms with van der Waals surface area (Å²) < 4.78 is 24.6. The average molecular weight is 467 g/mol.